The maximum absolute atomic E-state index is 9.57. The number of hydrogen-bond donors (Lipinski definition) is 2. The summed E-state index contributed by atoms with van der Waals surface area (Å²) in [6.07, 6.45) is 3.40. The molecule has 4 nitrogen and oxygen atoms in total. The van der Waals surface area contributed by atoms with Crippen molar-refractivity contribution in [1.82, 2.24) is 4.90 Å². The van der Waals surface area contributed by atoms with Crippen molar-refractivity contribution in [2.75, 3.05) is 26.8 Å². The van der Waals surface area contributed by atoms with Gasteiger partial charge >= 0.3 is 0 Å². The van der Waals surface area contributed by atoms with Gasteiger partial charge in [0.2, 0.25) is 0 Å². The maximum Gasteiger partial charge on any atom is 0.123 e. The molecule has 0 radical (unpaired) electrons. The van der Waals surface area contributed by atoms with E-state index in [4.69, 9.17) is 10.5 Å². The number of rotatable bonds is 5. The van der Waals surface area contributed by atoms with E-state index in [1.54, 1.807) is 7.11 Å². The molecule has 0 amide bonds. The zero-order valence-corrected chi connectivity index (χ0v) is 11.6. The first-order valence-corrected chi connectivity index (χ1v) is 7.01. The molecule has 0 saturated carbocycles. The number of aliphatic hydroxyl groups is 1. The molecule has 2 unspecified atom stereocenters. The van der Waals surface area contributed by atoms with Crippen molar-refractivity contribution in [1.29, 1.82) is 0 Å². The fourth-order valence-electron chi connectivity index (χ4n) is 3.01. The number of aliphatic hydroxyl groups excluding tert-OH is 1. The van der Waals surface area contributed by atoms with Gasteiger partial charge in [0.15, 0.2) is 0 Å². The highest BCUT2D eigenvalue weighted by molar-refractivity contribution is 5.36. The van der Waals surface area contributed by atoms with Crippen LogP contribution in [0.15, 0.2) is 24.3 Å². The number of nitrogens with two attached hydrogens (primary N) is 1. The predicted molar refractivity (Wildman–Crippen MR) is 76.2 cm³/mol. The van der Waals surface area contributed by atoms with E-state index in [2.05, 4.69) is 11.0 Å². The summed E-state index contributed by atoms with van der Waals surface area (Å²) in [6.45, 7) is 1.73. The monoisotopic (exact) mass is 264 g/mol. The summed E-state index contributed by atoms with van der Waals surface area (Å²) in [5.74, 6) is 0.875. The van der Waals surface area contributed by atoms with E-state index in [1.165, 1.54) is 12.8 Å². The molecule has 0 spiro atoms. The van der Waals surface area contributed by atoms with E-state index in [9.17, 15) is 5.11 Å². The smallest absolute Gasteiger partial charge is 0.123 e. The molecule has 1 aromatic rings. The highest BCUT2D eigenvalue weighted by atomic mass is 16.5. The van der Waals surface area contributed by atoms with E-state index in [0.29, 0.717) is 6.54 Å². The van der Waals surface area contributed by atoms with Crippen LogP contribution in [0.5, 0.6) is 5.75 Å². The number of piperidine rings is 1. The number of ether oxygens (including phenoxy) is 1. The fourth-order valence-corrected chi connectivity index (χ4v) is 3.01. The Labute approximate surface area is 115 Å². The predicted octanol–water partition coefficient (Wildman–Crippen LogP) is 1.54. The Morgan fingerprint density at radius 1 is 1.42 bits per heavy atom. The molecule has 0 bridgehead atoms. The quantitative estimate of drug-likeness (QED) is 0.847. The van der Waals surface area contributed by atoms with E-state index in [-0.39, 0.29) is 18.7 Å². The average molecular weight is 264 g/mol. The van der Waals surface area contributed by atoms with Crippen LogP contribution in [0, 0.1) is 0 Å². The minimum absolute atomic E-state index is 0.119. The Balaban J connectivity index is 2.27. The van der Waals surface area contributed by atoms with Crippen LogP contribution in [0.3, 0.4) is 0 Å². The molecule has 4 heteroatoms. The Morgan fingerprint density at radius 2 is 2.21 bits per heavy atom. The molecule has 19 heavy (non-hydrogen) atoms. The van der Waals surface area contributed by atoms with Crippen LogP contribution >= 0.6 is 0 Å². The van der Waals surface area contributed by atoms with Gasteiger partial charge in [-0.25, -0.2) is 0 Å². The van der Waals surface area contributed by atoms with Gasteiger partial charge in [0, 0.05) is 18.2 Å². The number of likely N-dealkylation sites (tertiary alicyclic amines) is 1. The van der Waals surface area contributed by atoms with Crippen LogP contribution in [-0.4, -0.2) is 42.9 Å². The first-order chi connectivity index (χ1) is 9.31. The molecular weight excluding hydrogens is 240 g/mol. The number of methoxy groups -OCH3 is 1. The molecule has 106 valence electrons. The Bertz CT molecular complexity index is 397. The van der Waals surface area contributed by atoms with E-state index < -0.39 is 0 Å². The second-order valence-corrected chi connectivity index (χ2v) is 5.06. The Morgan fingerprint density at radius 3 is 2.89 bits per heavy atom. The second kappa shape index (κ2) is 6.89. The van der Waals surface area contributed by atoms with Gasteiger partial charge in [-0.2, -0.15) is 0 Å². The number of hydrogen-bond acceptors (Lipinski definition) is 4. The standard InChI is InChI=1S/C15H24N2O2/c1-19-15-8-3-2-7-13(15)14(10-16)17-9-5-4-6-12(17)11-18/h2-3,7-8,12,14,18H,4-6,9-11,16H2,1H3. The maximum atomic E-state index is 9.57. The molecule has 2 rings (SSSR count). The first-order valence-electron chi connectivity index (χ1n) is 7.01. The molecule has 1 aliphatic heterocycles. The van der Waals surface area contributed by atoms with Gasteiger partial charge in [-0.1, -0.05) is 24.6 Å². The average Bonchev–Trinajstić information content (AvgIpc) is 2.49. The highest BCUT2D eigenvalue weighted by Crippen LogP contribution is 2.32. The normalized spacial score (nSPS) is 22.2. The molecule has 1 heterocycles. The lowest BCUT2D eigenvalue weighted by molar-refractivity contribution is 0.0544. The van der Waals surface area contributed by atoms with Gasteiger partial charge < -0.3 is 15.6 Å². The molecule has 1 aliphatic rings. The van der Waals surface area contributed by atoms with Gasteiger partial charge in [0.1, 0.15) is 5.75 Å². The lowest BCUT2D eigenvalue weighted by Gasteiger charge is -2.40. The van der Waals surface area contributed by atoms with Crippen molar-refractivity contribution in [3.05, 3.63) is 29.8 Å². The minimum Gasteiger partial charge on any atom is -0.496 e. The third kappa shape index (κ3) is 3.08. The summed E-state index contributed by atoms with van der Waals surface area (Å²) in [6, 6.07) is 8.35. The van der Waals surface area contributed by atoms with Crippen molar-refractivity contribution in [3.63, 3.8) is 0 Å². The largest absolute Gasteiger partial charge is 0.496 e. The summed E-state index contributed by atoms with van der Waals surface area (Å²) < 4.78 is 5.44. The van der Waals surface area contributed by atoms with Crippen molar-refractivity contribution in [2.24, 2.45) is 5.73 Å². The molecule has 1 saturated heterocycles. The van der Waals surface area contributed by atoms with Crippen LogP contribution in [0.1, 0.15) is 30.9 Å². The lowest BCUT2D eigenvalue weighted by Crippen LogP contribution is -2.46. The third-order valence-corrected chi connectivity index (χ3v) is 4.00. The summed E-state index contributed by atoms with van der Waals surface area (Å²) in [7, 11) is 1.69. The third-order valence-electron chi connectivity index (χ3n) is 4.00. The van der Waals surface area contributed by atoms with Crippen LogP contribution in [0.4, 0.5) is 0 Å². The van der Waals surface area contributed by atoms with Crippen molar-refractivity contribution < 1.29 is 9.84 Å². The number of nitrogens with zero attached hydrogens (tertiary/aromatic N) is 1. The molecule has 0 aliphatic carbocycles. The van der Waals surface area contributed by atoms with Crippen LogP contribution < -0.4 is 10.5 Å². The molecule has 3 N–H and O–H groups in total. The molecule has 1 fully saturated rings. The first kappa shape index (κ1) is 14.3. The molecule has 1 aromatic carbocycles. The van der Waals surface area contributed by atoms with Gasteiger partial charge in [0.25, 0.3) is 0 Å². The zero-order valence-electron chi connectivity index (χ0n) is 11.6. The van der Waals surface area contributed by atoms with Gasteiger partial charge in [0.05, 0.1) is 19.8 Å². The number of benzene rings is 1. The SMILES string of the molecule is COc1ccccc1C(CN)N1CCCCC1CO. The summed E-state index contributed by atoms with van der Waals surface area (Å²) in [5.41, 5.74) is 7.12. The van der Waals surface area contributed by atoms with Crippen LogP contribution in [0.2, 0.25) is 0 Å². The molecule has 0 aromatic heterocycles. The van der Waals surface area contributed by atoms with E-state index in [1.807, 2.05) is 18.2 Å². The van der Waals surface area contributed by atoms with Crippen molar-refractivity contribution in [2.45, 2.75) is 31.3 Å². The van der Waals surface area contributed by atoms with Crippen LogP contribution in [0.25, 0.3) is 0 Å². The summed E-state index contributed by atoms with van der Waals surface area (Å²) in [4.78, 5) is 2.33. The van der Waals surface area contributed by atoms with Gasteiger partial charge in [-0.3, -0.25) is 4.90 Å². The Kier molecular flexibility index (Phi) is 5.19. The second-order valence-electron chi connectivity index (χ2n) is 5.06. The number of para-hydroxylation sites is 1. The van der Waals surface area contributed by atoms with Gasteiger partial charge in [-0.05, 0) is 25.5 Å². The van der Waals surface area contributed by atoms with E-state index >= 15 is 0 Å². The molecular formula is C15H24N2O2. The van der Waals surface area contributed by atoms with Gasteiger partial charge in [-0.15, -0.1) is 0 Å². The van der Waals surface area contributed by atoms with Crippen LogP contribution in [-0.2, 0) is 0 Å². The lowest BCUT2D eigenvalue weighted by atomic mass is 9.96. The summed E-state index contributed by atoms with van der Waals surface area (Å²) in [5, 5.41) is 9.57. The highest BCUT2D eigenvalue weighted by Gasteiger charge is 2.29. The zero-order chi connectivity index (χ0) is 13.7. The topological polar surface area (TPSA) is 58.7 Å². The van der Waals surface area contributed by atoms with Crippen molar-refractivity contribution in [3.8, 4) is 5.75 Å². The van der Waals surface area contributed by atoms with Crippen molar-refractivity contribution >= 4 is 0 Å². The molecule has 2 atom stereocenters. The van der Waals surface area contributed by atoms with E-state index in [0.717, 1.165) is 24.3 Å². The Hall–Kier alpha value is -1.10. The minimum atomic E-state index is 0.119. The summed E-state index contributed by atoms with van der Waals surface area (Å²) >= 11 is 0. The fraction of sp³-hybridized carbons (Fsp3) is 0.600.